The zero-order chi connectivity index (χ0) is 21.9. The molecule has 3 rings (SSSR count). The van der Waals surface area contributed by atoms with Gasteiger partial charge >= 0.3 is 0 Å². The number of sulfonamides is 2. The fraction of sp³-hybridized carbons (Fsp3) is 0.222. The maximum absolute atomic E-state index is 12.7. The van der Waals surface area contributed by atoms with Crippen LogP contribution >= 0.6 is 0 Å². The molecule has 0 unspecified atom stereocenters. The monoisotopic (exact) mass is 452 g/mol. The van der Waals surface area contributed by atoms with Gasteiger partial charge in [0.05, 0.1) is 9.79 Å². The average molecular weight is 453 g/mol. The highest BCUT2D eigenvalue weighted by atomic mass is 32.2. The molecule has 3 N–H and O–H groups in total. The van der Waals surface area contributed by atoms with Crippen LogP contribution in [-0.4, -0.2) is 64.5 Å². The van der Waals surface area contributed by atoms with Crippen LogP contribution in [-0.2, 0) is 24.8 Å². The van der Waals surface area contributed by atoms with E-state index in [2.05, 4.69) is 5.32 Å². The van der Waals surface area contributed by atoms with Crippen LogP contribution in [0.15, 0.2) is 58.3 Å². The van der Waals surface area contributed by atoms with Gasteiger partial charge in [-0.05, 0) is 48.5 Å². The SMILES string of the molecule is NS(=O)(=O)c1ccc(NC(=O)c2ccc(S(=O)(=O)N3CCN(C=O)CC3)cc2)cc1. The Hall–Kier alpha value is -2.80. The number of rotatable bonds is 6. The second-order valence-corrected chi connectivity index (χ2v) is 10.1. The zero-order valence-corrected chi connectivity index (χ0v) is 17.4. The van der Waals surface area contributed by atoms with Gasteiger partial charge < -0.3 is 10.2 Å². The van der Waals surface area contributed by atoms with Crippen LogP contribution in [0.3, 0.4) is 0 Å². The van der Waals surface area contributed by atoms with Crippen LogP contribution in [0.2, 0.25) is 0 Å². The van der Waals surface area contributed by atoms with Crippen LogP contribution in [0.4, 0.5) is 5.69 Å². The molecule has 0 atom stereocenters. The van der Waals surface area contributed by atoms with E-state index in [0.717, 1.165) is 0 Å². The first kappa shape index (κ1) is 21.9. The van der Waals surface area contributed by atoms with E-state index in [1.165, 1.54) is 57.7 Å². The molecule has 1 aliphatic rings. The standard InChI is InChI=1S/C18H20N4O6S2/c19-29(25,26)16-7-3-15(4-8-16)20-18(24)14-1-5-17(6-2-14)30(27,28)22-11-9-21(13-23)10-12-22/h1-8,13H,9-12H2,(H,20,24)(H2,19,25,26). The second-order valence-electron chi connectivity index (χ2n) is 6.59. The molecule has 0 saturated carbocycles. The van der Waals surface area contributed by atoms with E-state index in [1.807, 2.05) is 0 Å². The lowest BCUT2D eigenvalue weighted by Gasteiger charge is -2.31. The highest BCUT2D eigenvalue weighted by molar-refractivity contribution is 7.89. The van der Waals surface area contributed by atoms with E-state index < -0.39 is 26.0 Å². The number of hydrogen-bond acceptors (Lipinski definition) is 6. The zero-order valence-electron chi connectivity index (χ0n) is 15.8. The van der Waals surface area contributed by atoms with Crippen molar-refractivity contribution in [1.29, 1.82) is 0 Å². The van der Waals surface area contributed by atoms with E-state index >= 15 is 0 Å². The molecule has 0 spiro atoms. The van der Waals surface area contributed by atoms with E-state index in [-0.39, 0.29) is 28.4 Å². The number of primary sulfonamides is 1. The van der Waals surface area contributed by atoms with E-state index in [0.29, 0.717) is 25.2 Å². The maximum Gasteiger partial charge on any atom is 0.255 e. The van der Waals surface area contributed by atoms with E-state index in [4.69, 9.17) is 5.14 Å². The Balaban J connectivity index is 1.69. The minimum absolute atomic E-state index is 0.0520. The molecule has 2 amide bonds. The van der Waals surface area contributed by atoms with Crippen molar-refractivity contribution >= 4 is 38.1 Å². The number of nitrogens with zero attached hydrogens (tertiary/aromatic N) is 2. The summed E-state index contributed by atoms with van der Waals surface area (Å²) in [5.74, 6) is -0.484. The summed E-state index contributed by atoms with van der Waals surface area (Å²) in [4.78, 5) is 24.6. The number of carbonyl (C=O) groups excluding carboxylic acids is 2. The van der Waals surface area contributed by atoms with Crippen molar-refractivity contribution in [3.05, 3.63) is 54.1 Å². The first-order valence-corrected chi connectivity index (χ1v) is 11.8. The molecule has 2 aromatic carbocycles. The Morgan fingerprint density at radius 2 is 1.40 bits per heavy atom. The van der Waals surface area contributed by atoms with Gasteiger partial charge in [-0.15, -0.1) is 0 Å². The Morgan fingerprint density at radius 1 is 0.867 bits per heavy atom. The molecule has 10 nitrogen and oxygen atoms in total. The minimum atomic E-state index is -3.83. The number of nitrogens with one attached hydrogen (secondary N) is 1. The number of carbonyl (C=O) groups is 2. The largest absolute Gasteiger partial charge is 0.343 e. The number of piperazine rings is 1. The Labute approximate surface area is 174 Å². The van der Waals surface area contributed by atoms with Gasteiger partial charge in [0, 0.05) is 37.4 Å². The molecule has 0 aromatic heterocycles. The van der Waals surface area contributed by atoms with E-state index in [9.17, 15) is 26.4 Å². The van der Waals surface area contributed by atoms with Crippen molar-refractivity contribution in [3.8, 4) is 0 Å². The van der Waals surface area contributed by atoms with Gasteiger partial charge in [-0.25, -0.2) is 22.0 Å². The molecule has 0 bridgehead atoms. The average Bonchev–Trinajstić information content (AvgIpc) is 2.73. The minimum Gasteiger partial charge on any atom is -0.343 e. The van der Waals surface area contributed by atoms with Crippen LogP contribution in [0.1, 0.15) is 10.4 Å². The van der Waals surface area contributed by atoms with Gasteiger partial charge in [-0.1, -0.05) is 0 Å². The molecular weight excluding hydrogens is 432 g/mol. The quantitative estimate of drug-likeness (QED) is 0.592. The maximum atomic E-state index is 12.7. The van der Waals surface area contributed by atoms with Crippen molar-refractivity contribution in [2.75, 3.05) is 31.5 Å². The fourth-order valence-electron chi connectivity index (χ4n) is 2.91. The Kier molecular flexibility index (Phi) is 6.22. The summed E-state index contributed by atoms with van der Waals surface area (Å²) in [7, 11) is -7.55. The van der Waals surface area contributed by atoms with Crippen LogP contribution in [0, 0.1) is 0 Å². The van der Waals surface area contributed by atoms with Crippen LogP contribution in [0.25, 0.3) is 0 Å². The lowest BCUT2D eigenvalue weighted by atomic mass is 10.2. The third-order valence-corrected chi connectivity index (χ3v) is 7.46. The van der Waals surface area contributed by atoms with Gasteiger partial charge in [-0.3, -0.25) is 9.59 Å². The topological polar surface area (TPSA) is 147 Å². The van der Waals surface area contributed by atoms with Crippen molar-refractivity contribution in [3.63, 3.8) is 0 Å². The van der Waals surface area contributed by atoms with Crippen molar-refractivity contribution < 1.29 is 26.4 Å². The molecule has 30 heavy (non-hydrogen) atoms. The second kappa shape index (κ2) is 8.52. The molecule has 1 heterocycles. The smallest absolute Gasteiger partial charge is 0.255 e. The first-order valence-electron chi connectivity index (χ1n) is 8.85. The van der Waals surface area contributed by atoms with E-state index in [1.54, 1.807) is 0 Å². The summed E-state index contributed by atoms with van der Waals surface area (Å²) in [6, 6.07) is 10.8. The molecule has 0 aliphatic carbocycles. The summed E-state index contributed by atoms with van der Waals surface area (Å²) in [6.45, 7) is 1.07. The van der Waals surface area contributed by atoms with Gasteiger partial charge in [0.15, 0.2) is 0 Å². The summed E-state index contributed by atoms with van der Waals surface area (Å²) in [5, 5.41) is 7.63. The number of benzene rings is 2. The third kappa shape index (κ3) is 4.84. The molecule has 1 aliphatic heterocycles. The predicted molar refractivity (Wildman–Crippen MR) is 109 cm³/mol. The predicted octanol–water partition coefficient (Wildman–Crippen LogP) is 0.0490. The van der Waals surface area contributed by atoms with Gasteiger partial charge in [-0.2, -0.15) is 4.31 Å². The number of nitrogens with two attached hydrogens (primary N) is 1. The van der Waals surface area contributed by atoms with Crippen LogP contribution in [0.5, 0.6) is 0 Å². The Morgan fingerprint density at radius 3 is 1.90 bits per heavy atom. The summed E-state index contributed by atoms with van der Waals surface area (Å²) in [5.41, 5.74) is 0.590. The number of hydrogen-bond donors (Lipinski definition) is 2. The normalized spacial score (nSPS) is 15.6. The van der Waals surface area contributed by atoms with Gasteiger partial charge in [0.2, 0.25) is 26.5 Å². The lowest BCUT2D eigenvalue weighted by Crippen LogP contribution is -2.47. The summed E-state index contributed by atoms with van der Waals surface area (Å²) in [6.07, 6.45) is 0.694. The van der Waals surface area contributed by atoms with Crippen molar-refractivity contribution in [2.45, 2.75) is 9.79 Å². The third-order valence-electron chi connectivity index (χ3n) is 4.62. The molecule has 12 heteroatoms. The number of anilines is 1. The molecular formula is C18H20N4O6S2. The molecule has 160 valence electrons. The molecule has 2 aromatic rings. The molecule has 0 radical (unpaired) electrons. The number of amides is 2. The summed E-state index contributed by atoms with van der Waals surface area (Å²) >= 11 is 0. The highest BCUT2D eigenvalue weighted by Gasteiger charge is 2.28. The first-order chi connectivity index (χ1) is 14.1. The molecule has 1 fully saturated rings. The highest BCUT2D eigenvalue weighted by Crippen LogP contribution is 2.19. The Bertz CT molecular complexity index is 1140. The fourth-order valence-corrected chi connectivity index (χ4v) is 4.85. The molecule has 1 saturated heterocycles. The van der Waals surface area contributed by atoms with Crippen molar-refractivity contribution in [2.24, 2.45) is 5.14 Å². The van der Waals surface area contributed by atoms with Gasteiger partial charge in [0.1, 0.15) is 0 Å². The lowest BCUT2D eigenvalue weighted by molar-refractivity contribution is -0.119. The summed E-state index contributed by atoms with van der Waals surface area (Å²) < 4.78 is 49.3. The van der Waals surface area contributed by atoms with Crippen molar-refractivity contribution in [1.82, 2.24) is 9.21 Å². The van der Waals surface area contributed by atoms with Crippen LogP contribution < -0.4 is 10.5 Å². The van der Waals surface area contributed by atoms with Gasteiger partial charge in [0.25, 0.3) is 5.91 Å².